The van der Waals surface area contributed by atoms with Crippen molar-refractivity contribution in [1.82, 2.24) is 10.6 Å². The van der Waals surface area contributed by atoms with Crippen LogP contribution in [0.3, 0.4) is 0 Å². The Labute approximate surface area is 245 Å². The number of nitrogens with one attached hydrogen (secondary N) is 2. The number of aliphatic hydroxyl groups is 1. The Morgan fingerprint density at radius 2 is 1.88 bits per heavy atom. The zero-order valence-corrected chi connectivity index (χ0v) is 24.9. The van der Waals surface area contributed by atoms with E-state index in [9.17, 15) is 28.7 Å². The highest BCUT2D eigenvalue weighted by Gasteiger charge is 2.33. The van der Waals surface area contributed by atoms with Crippen LogP contribution in [-0.4, -0.2) is 80.5 Å². The van der Waals surface area contributed by atoms with Gasteiger partial charge in [-0.15, -0.1) is 0 Å². The number of fused-ring (bicyclic) bond motifs is 2. The molecule has 0 spiro atoms. The van der Waals surface area contributed by atoms with E-state index in [1.165, 1.54) is 33.3 Å². The van der Waals surface area contributed by atoms with Crippen molar-refractivity contribution in [3.05, 3.63) is 58.5 Å². The molecule has 5 N–H and O–H groups in total. The van der Waals surface area contributed by atoms with E-state index >= 15 is 0 Å². The number of hydrogen-bond donors (Lipinski definition) is 4. The molecule has 1 heterocycles. The van der Waals surface area contributed by atoms with Crippen LogP contribution >= 0.6 is 0 Å². The number of allylic oxidation sites excluding steroid dienone is 4. The first kappa shape index (κ1) is 34.6. The third kappa shape index (κ3) is 9.20. The van der Waals surface area contributed by atoms with Crippen LogP contribution in [0.1, 0.15) is 40.5 Å². The Morgan fingerprint density at radius 1 is 1.19 bits per heavy atom. The number of rotatable bonds is 6. The molecule has 1 aliphatic heterocycles. The van der Waals surface area contributed by atoms with Gasteiger partial charge >= 0.3 is 6.09 Å². The van der Waals surface area contributed by atoms with Gasteiger partial charge in [0, 0.05) is 43.9 Å². The molecule has 0 saturated carbocycles. The summed E-state index contributed by atoms with van der Waals surface area (Å²) < 4.78 is 29.4. The van der Waals surface area contributed by atoms with Crippen LogP contribution in [-0.2, 0) is 28.6 Å². The number of carbonyl (C=O) groups excluding carboxylic acids is 4. The van der Waals surface area contributed by atoms with Gasteiger partial charge in [-0.1, -0.05) is 38.2 Å². The van der Waals surface area contributed by atoms with Crippen molar-refractivity contribution < 1.29 is 42.9 Å². The van der Waals surface area contributed by atoms with E-state index in [-0.39, 0.29) is 41.4 Å². The number of alkyl halides is 1. The minimum absolute atomic E-state index is 0.0175. The monoisotopic (exact) mass is 591 g/mol. The van der Waals surface area contributed by atoms with E-state index in [1.807, 2.05) is 6.92 Å². The summed E-state index contributed by atoms with van der Waals surface area (Å²) in [7, 11) is 2.87. The van der Waals surface area contributed by atoms with Gasteiger partial charge in [-0.2, -0.15) is 0 Å². The molecule has 1 aliphatic carbocycles. The second-order valence-corrected chi connectivity index (χ2v) is 10.5. The second kappa shape index (κ2) is 16.1. The van der Waals surface area contributed by atoms with E-state index in [4.69, 9.17) is 19.9 Å². The topological polar surface area (TPSA) is 166 Å². The number of Topliss-reactive ketones (excluding diaryl/α,β-unsaturated/α-hetero) is 1. The molecule has 0 saturated heterocycles. The first-order valence-corrected chi connectivity index (χ1v) is 13.7. The first-order valence-electron chi connectivity index (χ1n) is 13.7. The van der Waals surface area contributed by atoms with Gasteiger partial charge in [-0.3, -0.25) is 14.4 Å². The van der Waals surface area contributed by atoms with E-state index in [0.717, 1.165) is 6.08 Å². The maximum Gasteiger partial charge on any atom is 0.405 e. The standard InChI is InChI=1S/C30H42FN3O8/c1-16-12-20-25(33-11-10-31)22(35)15-21(27(20)37)34-29(38)17(2)8-7-9-23(40-5)28(42-30(32)39)19(4)14-18(3)26(36)24(13-16)41-6/h7-9,14-16,18,23-24,26,28,33,36H,10-13H2,1-6H3,(H2,32,39)(H,34,38)/b9-7-,17-8+,19-14+/t16-,18?,23?,24?,26-,28?/m1/s1. The summed E-state index contributed by atoms with van der Waals surface area (Å²) in [6.07, 6.45) is 3.29. The second-order valence-electron chi connectivity index (χ2n) is 10.5. The lowest BCUT2D eigenvalue weighted by molar-refractivity contribution is -0.120. The van der Waals surface area contributed by atoms with Gasteiger partial charge < -0.3 is 35.7 Å². The van der Waals surface area contributed by atoms with Crippen molar-refractivity contribution in [2.45, 2.75) is 65.0 Å². The number of amides is 2. The number of carbonyl (C=O) groups is 4. The van der Waals surface area contributed by atoms with E-state index in [1.54, 1.807) is 26.0 Å². The van der Waals surface area contributed by atoms with E-state index in [2.05, 4.69) is 10.6 Å². The highest BCUT2D eigenvalue weighted by molar-refractivity contribution is 6.23. The van der Waals surface area contributed by atoms with Crippen molar-refractivity contribution in [3.8, 4) is 0 Å². The fourth-order valence-electron chi connectivity index (χ4n) is 4.95. The molecule has 0 fully saturated rings. The number of hydrogen-bond acceptors (Lipinski definition) is 9. The summed E-state index contributed by atoms with van der Waals surface area (Å²) in [4.78, 5) is 51.1. The lowest BCUT2D eigenvalue weighted by Crippen LogP contribution is -2.38. The van der Waals surface area contributed by atoms with Crippen LogP contribution in [0.4, 0.5) is 9.18 Å². The molecular formula is C30H42FN3O8. The molecule has 4 unspecified atom stereocenters. The van der Waals surface area contributed by atoms with Gasteiger partial charge in [0.25, 0.3) is 5.91 Å². The number of nitrogens with two attached hydrogens (primary N) is 1. The van der Waals surface area contributed by atoms with Crippen molar-refractivity contribution in [1.29, 1.82) is 0 Å². The summed E-state index contributed by atoms with van der Waals surface area (Å²) in [5.74, 6) is -2.49. The highest BCUT2D eigenvalue weighted by Crippen LogP contribution is 2.28. The fraction of sp³-hybridized carbons (Fsp3) is 0.533. The maximum atomic E-state index is 13.5. The van der Waals surface area contributed by atoms with E-state index < -0.39 is 60.6 Å². The molecule has 2 aliphatic rings. The molecule has 0 radical (unpaired) electrons. The van der Waals surface area contributed by atoms with Crippen LogP contribution < -0.4 is 16.4 Å². The van der Waals surface area contributed by atoms with Gasteiger partial charge in [0.15, 0.2) is 6.10 Å². The zero-order valence-electron chi connectivity index (χ0n) is 24.9. The Balaban J connectivity index is 2.61. The predicted molar refractivity (Wildman–Crippen MR) is 154 cm³/mol. The summed E-state index contributed by atoms with van der Waals surface area (Å²) in [5.41, 5.74) is 5.99. The van der Waals surface area contributed by atoms with Crippen LogP contribution in [0.2, 0.25) is 0 Å². The molecule has 2 amide bonds. The lowest BCUT2D eigenvalue weighted by Gasteiger charge is -2.30. The van der Waals surface area contributed by atoms with Crippen molar-refractivity contribution in [2.24, 2.45) is 17.6 Å². The molecule has 2 bridgehead atoms. The molecule has 2 rings (SSSR count). The smallest absolute Gasteiger partial charge is 0.405 e. The molecular weight excluding hydrogens is 549 g/mol. The Kier molecular flexibility index (Phi) is 13.3. The molecule has 232 valence electrons. The molecule has 6 atom stereocenters. The zero-order chi connectivity index (χ0) is 31.6. The molecule has 0 aromatic heterocycles. The molecule has 42 heavy (non-hydrogen) atoms. The Bertz CT molecular complexity index is 1190. The normalized spacial score (nSPS) is 31.7. The number of ether oxygens (including phenoxy) is 3. The van der Waals surface area contributed by atoms with Crippen molar-refractivity contribution in [2.75, 3.05) is 27.4 Å². The fourth-order valence-corrected chi connectivity index (χ4v) is 4.95. The maximum absolute atomic E-state index is 13.5. The highest BCUT2D eigenvalue weighted by atomic mass is 19.1. The summed E-state index contributed by atoms with van der Waals surface area (Å²) in [6, 6.07) is 0. The molecule has 11 nitrogen and oxygen atoms in total. The summed E-state index contributed by atoms with van der Waals surface area (Å²) in [6.45, 7) is 5.92. The average Bonchev–Trinajstić information content (AvgIpc) is 2.94. The minimum Gasteiger partial charge on any atom is -0.439 e. The SMILES string of the molecule is COC1/C=C\C=C(/C)C(=O)NC2=CC(=O)C(NCCF)=C(C[C@@H](C)CC(OC)[C@H](O)C(C)/C=C(\C)C1OC(N)=O)C2=O. The van der Waals surface area contributed by atoms with Gasteiger partial charge in [-0.25, -0.2) is 9.18 Å². The third-order valence-electron chi connectivity index (χ3n) is 7.19. The number of aliphatic hydroxyl groups excluding tert-OH is 1. The van der Waals surface area contributed by atoms with E-state index in [0.29, 0.717) is 12.0 Å². The van der Waals surface area contributed by atoms with Gasteiger partial charge in [0.05, 0.1) is 23.6 Å². The minimum atomic E-state index is -1.02. The Hall–Kier alpha value is -3.61. The van der Waals surface area contributed by atoms with Gasteiger partial charge in [0.2, 0.25) is 11.6 Å². The number of primary amides is 1. The van der Waals surface area contributed by atoms with Crippen LogP contribution in [0.15, 0.2) is 58.5 Å². The summed E-state index contributed by atoms with van der Waals surface area (Å²) >= 11 is 0. The van der Waals surface area contributed by atoms with Crippen LogP contribution in [0.25, 0.3) is 0 Å². The van der Waals surface area contributed by atoms with Crippen LogP contribution in [0.5, 0.6) is 0 Å². The Morgan fingerprint density at radius 3 is 2.48 bits per heavy atom. The first-order chi connectivity index (χ1) is 19.8. The number of halogens is 1. The van der Waals surface area contributed by atoms with Crippen molar-refractivity contribution >= 4 is 23.6 Å². The summed E-state index contributed by atoms with van der Waals surface area (Å²) in [5, 5.41) is 16.4. The molecule has 0 aromatic rings. The van der Waals surface area contributed by atoms with Gasteiger partial charge in [0.1, 0.15) is 12.8 Å². The largest absolute Gasteiger partial charge is 0.439 e. The van der Waals surface area contributed by atoms with Gasteiger partial charge in [-0.05, 0) is 38.2 Å². The molecule has 12 heteroatoms. The quantitative estimate of drug-likeness (QED) is 0.268. The number of ketones is 2. The number of methoxy groups -OCH3 is 2. The average molecular weight is 592 g/mol. The molecule has 0 aromatic carbocycles. The van der Waals surface area contributed by atoms with Crippen LogP contribution in [0, 0.1) is 11.8 Å². The lowest BCUT2D eigenvalue weighted by atomic mass is 9.85. The van der Waals surface area contributed by atoms with Crippen molar-refractivity contribution in [3.63, 3.8) is 0 Å². The predicted octanol–water partition coefficient (Wildman–Crippen LogP) is 2.32. The third-order valence-corrected chi connectivity index (χ3v) is 7.19.